The second kappa shape index (κ2) is 5.90. The minimum absolute atomic E-state index is 0.639. The van der Waals surface area contributed by atoms with Gasteiger partial charge in [0.1, 0.15) is 11.6 Å². The standard InChI is InChI=1S/C16H19N5OS/c1-21-13-6-5-11(9-12(13)18-15(21)10-3-4-10)17-16-19-14(20-23-16)7-8-22-2/h5-6,9-10H,3-4,7-8H2,1-2H3,(H,17,19,20). The number of benzene rings is 1. The Morgan fingerprint density at radius 1 is 1.35 bits per heavy atom. The lowest BCUT2D eigenvalue weighted by molar-refractivity contribution is 0.201. The largest absolute Gasteiger partial charge is 0.384 e. The summed E-state index contributed by atoms with van der Waals surface area (Å²) in [5, 5.41) is 4.12. The van der Waals surface area contributed by atoms with Crippen LogP contribution >= 0.6 is 11.5 Å². The molecule has 0 atom stereocenters. The molecule has 0 saturated heterocycles. The number of imidazole rings is 1. The molecule has 2 aromatic heterocycles. The van der Waals surface area contributed by atoms with E-state index in [4.69, 9.17) is 9.72 Å². The molecule has 0 bridgehead atoms. The van der Waals surface area contributed by atoms with E-state index < -0.39 is 0 Å². The molecule has 1 aliphatic carbocycles. The smallest absolute Gasteiger partial charge is 0.207 e. The van der Waals surface area contributed by atoms with Crippen molar-refractivity contribution >= 4 is 33.4 Å². The summed E-state index contributed by atoms with van der Waals surface area (Å²) in [6, 6.07) is 6.26. The van der Waals surface area contributed by atoms with Crippen molar-refractivity contribution in [3.05, 3.63) is 29.8 Å². The van der Waals surface area contributed by atoms with Gasteiger partial charge in [0.05, 0.1) is 17.6 Å². The zero-order valence-electron chi connectivity index (χ0n) is 13.2. The van der Waals surface area contributed by atoms with Gasteiger partial charge in [-0.15, -0.1) is 0 Å². The Morgan fingerprint density at radius 3 is 3.00 bits per heavy atom. The SMILES string of the molecule is COCCc1nsc(Nc2ccc3c(c2)nc(C2CC2)n3C)n1. The Hall–Kier alpha value is -1.99. The fourth-order valence-electron chi connectivity index (χ4n) is 2.73. The van der Waals surface area contributed by atoms with Crippen molar-refractivity contribution in [2.75, 3.05) is 19.0 Å². The molecular weight excluding hydrogens is 310 g/mol. The zero-order valence-corrected chi connectivity index (χ0v) is 14.1. The maximum Gasteiger partial charge on any atom is 0.207 e. The molecule has 7 heteroatoms. The van der Waals surface area contributed by atoms with Crippen LogP contribution in [0.5, 0.6) is 0 Å². The average Bonchev–Trinajstić information content (AvgIpc) is 3.22. The number of hydrogen-bond donors (Lipinski definition) is 1. The van der Waals surface area contributed by atoms with Crippen LogP contribution in [0.4, 0.5) is 10.8 Å². The van der Waals surface area contributed by atoms with Crippen LogP contribution in [-0.4, -0.2) is 32.6 Å². The first kappa shape index (κ1) is 14.6. The molecule has 1 N–H and O–H groups in total. The van der Waals surface area contributed by atoms with Crippen molar-refractivity contribution < 1.29 is 4.74 Å². The highest BCUT2D eigenvalue weighted by molar-refractivity contribution is 7.09. The van der Waals surface area contributed by atoms with Gasteiger partial charge >= 0.3 is 0 Å². The van der Waals surface area contributed by atoms with Gasteiger partial charge in [-0.25, -0.2) is 9.97 Å². The van der Waals surface area contributed by atoms with E-state index in [9.17, 15) is 0 Å². The van der Waals surface area contributed by atoms with Gasteiger partial charge < -0.3 is 14.6 Å². The second-order valence-electron chi connectivity index (χ2n) is 5.89. The Balaban J connectivity index is 1.55. The fraction of sp³-hybridized carbons (Fsp3) is 0.438. The topological polar surface area (TPSA) is 64.9 Å². The van der Waals surface area contributed by atoms with Gasteiger partial charge in [0.2, 0.25) is 5.13 Å². The van der Waals surface area contributed by atoms with E-state index in [-0.39, 0.29) is 0 Å². The molecule has 1 fully saturated rings. The first-order valence-corrected chi connectivity index (χ1v) is 8.57. The summed E-state index contributed by atoms with van der Waals surface area (Å²) >= 11 is 1.37. The van der Waals surface area contributed by atoms with Crippen LogP contribution in [0.15, 0.2) is 18.2 Å². The maximum absolute atomic E-state index is 5.05. The molecule has 0 amide bonds. The average molecular weight is 329 g/mol. The molecule has 120 valence electrons. The van der Waals surface area contributed by atoms with Gasteiger partial charge in [0.15, 0.2) is 0 Å². The number of aromatic nitrogens is 4. The van der Waals surface area contributed by atoms with Crippen molar-refractivity contribution in [1.82, 2.24) is 18.9 Å². The van der Waals surface area contributed by atoms with E-state index in [1.165, 1.54) is 35.7 Å². The lowest BCUT2D eigenvalue weighted by atomic mass is 10.3. The molecule has 2 heterocycles. The lowest BCUT2D eigenvalue weighted by Gasteiger charge is -2.02. The van der Waals surface area contributed by atoms with Crippen LogP contribution in [0.25, 0.3) is 11.0 Å². The van der Waals surface area contributed by atoms with E-state index >= 15 is 0 Å². The quantitative estimate of drug-likeness (QED) is 0.752. The molecule has 6 nitrogen and oxygen atoms in total. The van der Waals surface area contributed by atoms with Crippen LogP contribution in [0.1, 0.15) is 30.4 Å². The number of aryl methyl sites for hydroxylation is 1. The summed E-state index contributed by atoms with van der Waals surface area (Å²) in [4.78, 5) is 9.27. The predicted octanol–water partition coefficient (Wildman–Crippen LogP) is 3.23. The summed E-state index contributed by atoms with van der Waals surface area (Å²) in [5.74, 6) is 2.67. The number of methoxy groups -OCH3 is 1. The van der Waals surface area contributed by atoms with Gasteiger partial charge in [-0.1, -0.05) is 0 Å². The van der Waals surface area contributed by atoms with E-state index in [0.29, 0.717) is 12.5 Å². The second-order valence-corrected chi connectivity index (χ2v) is 6.64. The summed E-state index contributed by atoms with van der Waals surface area (Å²) in [6.07, 6.45) is 3.26. The molecular formula is C16H19N5OS. The third kappa shape index (κ3) is 2.94. The highest BCUT2D eigenvalue weighted by Gasteiger charge is 2.28. The molecule has 0 spiro atoms. The molecule has 0 radical (unpaired) electrons. The van der Waals surface area contributed by atoms with Crippen LogP contribution in [0.3, 0.4) is 0 Å². The van der Waals surface area contributed by atoms with Crippen molar-refractivity contribution in [2.45, 2.75) is 25.2 Å². The van der Waals surface area contributed by atoms with Crippen molar-refractivity contribution in [3.8, 4) is 0 Å². The summed E-state index contributed by atoms with van der Waals surface area (Å²) in [7, 11) is 3.78. The Bertz CT molecular complexity index is 836. The Labute approximate surface area is 138 Å². The maximum atomic E-state index is 5.05. The lowest BCUT2D eigenvalue weighted by Crippen LogP contribution is -1.97. The number of hydrogen-bond acceptors (Lipinski definition) is 6. The van der Waals surface area contributed by atoms with Crippen LogP contribution in [-0.2, 0) is 18.2 Å². The van der Waals surface area contributed by atoms with Crippen molar-refractivity contribution in [1.29, 1.82) is 0 Å². The summed E-state index contributed by atoms with van der Waals surface area (Å²) < 4.78 is 11.6. The van der Waals surface area contributed by atoms with Crippen LogP contribution in [0.2, 0.25) is 0 Å². The number of nitrogens with one attached hydrogen (secondary N) is 1. The van der Waals surface area contributed by atoms with Crippen molar-refractivity contribution in [3.63, 3.8) is 0 Å². The first-order valence-electron chi connectivity index (χ1n) is 7.79. The molecule has 3 aromatic rings. The molecule has 1 aromatic carbocycles. The predicted molar refractivity (Wildman–Crippen MR) is 91.5 cm³/mol. The van der Waals surface area contributed by atoms with Crippen molar-refractivity contribution in [2.24, 2.45) is 7.05 Å². The van der Waals surface area contributed by atoms with Gasteiger partial charge in [-0.2, -0.15) is 4.37 Å². The first-order chi connectivity index (χ1) is 11.2. The van der Waals surface area contributed by atoms with E-state index in [1.807, 2.05) is 0 Å². The van der Waals surface area contributed by atoms with Gasteiger partial charge in [0, 0.05) is 43.7 Å². The van der Waals surface area contributed by atoms with Gasteiger partial charge in [-0.3, -0.25) is 0 Å². The van der Waals surface area contributed by atoms with Gasteiger partial charge in [-0.05, 0) is 31.0 Å². The highest BCUT2D eigenvalue weighted by Crippen LogP contribution is 2.40. The summed E-state index contributed by atoms with van der Waals surface area (Å²) in [6.45, 7) is 0.639. The highest BCUT2D eigenvalue weighted by atomic mass is 32.1. The van der Waals surface area contributed by atoms with E-state index in [1.54, 1.807) is 7.11 Å². The molecule has 0 aliphatic heterocycles. The molecule has 1 aliphatic rings. The van der Waals surface area contributed by atoms with Crippen LogP contribution in [0, 0.1) is 0 Å². The Kier molecular flexibility index (Phi) is 3.74. The van der Waals surface area contributed by atoms with E-state index in [0.717, 1.165) is 28.6 Å². The number of nitrogens with zero attached hydrogens (tertiary/aromatic N) is 4. The molecule has 23 heavy (non-hydrogen) atoms. The summed E-state index contributed by atoms with van der Waals surface area (Å²) in [5.41, 5.74) is 3.20. The third-order valence-electron chi connectivity index (χ3n) is 4.11. The minimum atomic E-state index is 0.639. The third-order valence-corrected chi connectivity index (χ3v) is 4.78. The number of rotatable bonds is 6. The van der Waals surface area contributed by atoms with Crippen LogP contribution < -0.4 is 5.32 Å². The molecule has 1 saturated carbocycles. The minimum Gasteiger partial charge on any atom is -0.384 e. The number of fused-ring (bicyclic) bond motifs is 1. The number of ether oxygens (including phenoxy) is 1. The monoisotopic (exact) mass is 329 g/mol. The van der Waals surface area contributed by atoms with Gasteiger partial charge in [0.25, 0.3) is 0 Å². The normalized spacial score (nSPS) is 14.5. The number of anilines is 2. The fourth-order valence-corrected chi connectivity index (χ4v) is 3.36. The molecule has 0 unspecified atom stereocenters. The Morgan fingerprint density at radius 2 is 2.22 bits per heavy atom. The van der Waals surface area contributed by atoms with E-state index in [2.05, 4.69) is 44.5 Å². The molecule has 4 rings (SSSR count). The zero-order chi connectivity index (χ0) is 15.8.